The third kappa shape index (κ3) is 3.37. The van der Waals surface area contributed by atoms with E-state index in [1.165, 1.54) is 0 Å². The molecule has 0 atom stereocenters. The number of hydrogen-bond donors (Lipinski definition) is 1. The molecular formula is C15H18N2O2. The minimum Gasteiger partial charge on any atom is -0.491 e. The molecule has 1 aromatic heterocycles. The van der Waals surface area contributed by atoms with Gasteiger partial charge in [-0.1, -0.05) is 6.92 Å². The number of benzene rings is 1. The topological polar surface area (TPSA) is 57.4 Å². The summed E-state index contributed by atoms with van der Waals surface area (Å²) in [5.74, 6) is 2.08. The van der Waals surface area contributed by atoms with E-state index in [-0.39, 0.29) is 0 Å². The van der Waals surface area contributed by atoms with Crippen LogP contribution < -0.4 is 15.2 Å². The standard InChI is InChI=1S/C15H18N2O2/c1-3-9-18-15-10-12(6-7-13(15)16)19-14-5-4-8-17-11(14)2/h4-8,10H,3,9,16H2,1-2H3. The first kappa shape index (κ1) is 13.2. The van der Waals surface area contributed by atoms with E-state index in [9.17, 15) is 0 Å². The highest BCUT2D eigenvalue weighted by molar-refractivity contribution is 5.56. The molecule has 0 radical (unpaired) electrons. The van der Waals surface area contributed by atoms with Crippen molar-refractivity contribution in [2.24, 2.45) is 0 Å². The van der Waals surface area contributed by atoms with E-state index in [0.717, 1.165) is 17.9 Å². The summed E-state index contributed by atoms with van der Waals surface area (Å²) in [5, 5.41) is 0. The number of hydrogen-bond acceptors (Lipinski definition) is 4. The lowest BCUT2D eigenvalue weighted by Crippen LogP contribution is -1.99. The number of nitrogens with zero attached hydrogens (tertiary/aromatic N) is 1. The molecule has 0 fully saturated rings. The molecule has 100 valence electrons. The predicted octanol–water partition coefficient (Wildman–Crippen LogP) is 3.55. The zero-order valence-corrected chi connectivity index (χ0v) is 11.2. The van der Waals surface area contributed by atoms with Crippen LogP contribution in [-0.4, -0.2) is 11.6 Å². The Balaban J connectivity index is 2.19. The average Bonchev–Trinajstić information content (AvgIpc) is 2.42. The summed E-state index contributed by atoms with van der Waals surface area (Å²) in [6.45, 7) is 4.59. The van der Waals surface area contributed by atoms with E-state index in [4.69, 9.17) is 15.2 Å². The van der Waals surface area contributed by atoms with Crippen LogP contribution in [0, 0.1) is 6.92 Å². The fourth-order valence-electron chi connectivity index (χ4n) is 1.62. The summed E-state index contributed by atoms with van der Waals surface area (Å²) in [5.41, 5.74) is 7.32. The maximum Gasteiger partial charge on any atom is 0.148 e. The predicted molar refractivity (Wildman–Crippen MR) is 75.7 cm³/mol. The molecular weight excluding hydrogens is 240 g/mol. The first-order valence-corrected chi connectivity index (χ1v) is 6.32. The molecule has 2 aromatic rings. The Morgan fingerprint density at radius 1 is 1.21 bits per heavy atom. The smallest absolute Gasteiger partial charge is 0.148 e. The monoisotopic (exact) mass is 258 g/mol. The van der Waals surface area contributed by atoms with E-state index < -0.39 is 0 Å². The molecule has 0 spiro atoms. The molecule has 4 heteroatoms. The zero-order valence-electron chi connectivity index (χ0n) is 11.2. The van der Waals surface area contributed by atoms with Crippen LogP contribution in [0.15, 0.2) is 36.5 Å². The summed E-state index contributed by atoms with van der Waals surface area (Å²) in [4.78, 5) is 4.18. The zero-order chi connectivity index (χ0) is 13.7. The Labute approximate surface area is 113 Å². The Morgan fingerprint density at radius 3 is 2.79 bits per heavy atom. The van der Waals surface area contributed by atoms with Crippen molar-refractivity contribution in [3.8, 4) is 17.2 Å². The molecule has 0 aliphatic heterocycles. The molecule has 1 aromatic carbocycles. The van der Waals surface area contributed by atoms with E-state index in [0.29, 0.717) is 23.8 Å². The Morgan fingerprint density at radius 2 is 2.05 bits per heavy atom. The van der Waals surface area contributed by atoms with Crippen molar-refractivity contribution < 1.29 is 9.47 Å². The minimum absolute atomic E-state index is 0.615. The normalized spacial score (nSPS) is 10.2. The van der Waals surface area contributed by atoms with Crippen LogP contribution in [0.2, 0.25) is 0 Å². The summed E-state index contributed by atoms with van der Waals surface area (Å²) >= 11 is 0. The van der Waals surface area contributed by atoms with Gasteiger partial charge in [-0.25, -0.2) is 0 Å². The van der Waals surface area contributed by atoms with E-state index in [2.05, 4.69) is 11.9 Å². The van der Waals surface area contributed by atoms with Gasteiger partial charge in [0, 0.05) is 12.3 Å². The molecule has 0 saturated heterocycles. The molecule has 2 N–H and O–H groups in total. The van der Waals surface area contributed by atoms with Gasteiger partial charge in [0.15, 0.2) is 0 Å². The van der Waals surface area contributed by atoms with Crippen LogP contribution in [0.1, 0.15) is 19.0 Å². The van der Waals surface area contributed by atoms with Crippen LogP contribution in [0.25, 0.3) is 0 Å². The lowest BCUT2D eigenvalue weighted by molar-refractivity contribution is 0.317. The second-order valence-corrected chi connectivity index (χ2v) is 4.24. The first-order valence-electron chi connectivity index (χ1n) is 6.32. The molecule has 1 heterocycles. The molecule has 0 aliphatic carbocycles. The van der Waals surface area contributed by atoms with Gasteiger partial charge in [0.1, 0.15) is 17.2 Å². The summed E-state index contributed by atoms with van der Waals surface area (Å²) < 4.78 is 11.4. The lowest BCUT2D eigenvalue weighted by atomic mass is 10.2. The van der Waals surface area contributed by atoms with E-state index in [1.807, 2.05) is 25.1 Å². The fourth-order valence-corrected chi connectivity index (χ4v) is 1.62. The van der Waals surface area contributed by atoms with Gasteiger partial charge in [-0.2, -0.15) is 0 Å². The lowest BCUT2D eigenvalue weighted by Gasteiger charge is -2.11. The van der Waals surface area contributed by atoms with Crippen molar-refractivity contribution in [3.63, 3.8) is 0 Å². The Hall–Kier alpha value is -2.23. The molecule has 4 nitrogen and oxygen atoms in total. The molecule has 2 rings (SSSR count). The summed E-state index contributed by atoms with van der Waals surface area (Å²) in [6, 6.07) is 9.13. The maximum absolute atomic E-state index is 5.86. The van der Waals surface area contributed by atoms with Gasteiger partial charge in [0.05, 0.1) is 18.0 Å². The van der Waals surface area contributed by atoms with Crippen LogP contribution in [0.3, 0.4) is 0 Å². The summed E-state index contributed by atoms with van der Waals surface area (Å²) in [7, 11) is 0. The van der Waals surface area contributed by atoms with Crippen molar-refractivity contribution in [2.45, 2.75) is 20.3 Å². The molecule has 0 saturated carbocycles. The van der Waals surface area contributed by atoms with Crippen LogP contribution in [0.5, 0.6) is 17.2 Å². The third-order valence-electron chi connectivity index (χ3n) is 2.63. The van der Waals surface area contributed by atoms with Gasteiger partial charge in [0.2, 0.25) is 0 Å². The van der Waals surface area contributed by atoms with Crippen molar-refractivity contribution in [1.29, 1.82) is 0 Å². The van der Waals surface area contributed by atoms with Crippen molar-refractivity contribution in [1.82, 2.24) is 4.98 Å². The van der Waals surface area contributed by atoms with Gasteiger partial charge in [-0.05, 0) is 37.6 Å². The van der Waals surface area contributed by atoms with E-state index in [1.54, 1.807) is 18.3 Å². The fraction of sp³-hybridized carbons (Fsp3) is 0.267. The number of nitrogen functional groups attached to an aromatic ring is 1. The Kier molecular flexibility index (Phi) is 4.23. The van der Waals surface area contributed by atoms with E-state index >= 15 is 0 Å². The molecule has 0 bridgehead atoms. The quantitative estimate of drug-likeness (QED) is 0.833. The summed E-state index contributed by atoms with van der Waals surface area (Å²) in [6.07, 6.45) is 2.67. The van der Waals surface area contributed by atoms with Crippen LogP contribution in [-0.2, 0) is 0 Å². The van der Waals surface area contributed by atoms with Gasteiger partial charge < -0.3 is 15.2 Å². The first-order chi connectivity index (χ1) is 9.20. The number of rotatable bonds is 5. The maximum atomic E-state index is 5.86. The minimum atomic E-state index is 0.615. The van der Waals surface area contributed by atoms with Gasteiger partial charge in [-0.15, -0.1) is 0 Å². The highest BCUT2D eigenvalue weighted by Crippen LogP contribution is 2.30. The number of aryl methyl sites for hydroxylation is 1. The van der Waals surface area contributed by atoms with Gasteiger partial charge in [-0.3, -0.25) is 4.98 Å². The molecule has 0 unspecified atom stereocenters. The van der Waals surface area contributed by atoms with Gasteiger partial charge >= 0.3 is 0 Å². The van der Waals surface area contributed by atoms with Gasteiger partial charge in [0.25, 0.3) is 0 Å². The van der Waals surface area contributed by atoms with Crippen molar-refractivity contribution in [2.75, 3.05) is 12.3 Å². The second-order valence-electron chi connectivity index (χ2n) is 4.24. The number of anilines is 1. The molecule has 0 aliphatic rings. The van der Waals surface area contributed by atoms with Crippen LogP contribution in [0.4, 0.5) is 5.69 Å². The SMILES string of the molecule is CCCOc1cc(Oc2cccnc2C)ccc1N. The third-order valence-corrected chi connectivity index (χ3v) is 2.63. The highest BCUT2D eigenvalue weighted by atomic mass is 16.5. The average molecular weight is 258 g/mol. The number of pyridine rings is 1. The van der Waals surface area contributed by atoms with Crippen molar-refractivity contribution >= 4 is 5.69 Å². The van der Waals surface area contributed by atoms with Crippen molar-refractivity contribution in [3.05, 3.63) is 42.2 Å². The molecule has 19 heavy (non-hydrogen) atoms. The van der Waals surface area contributed by atoms with Crippen LogP contribution >= 0.6 is 0 Å². The Bertz CT molecular complexity index is 556. The highest BCUT2D eigenvalue weighted by Gasteiger charge is 2.06. The number of nitrogens with two attached hydrogens (primary N) is 1. The largest absolute Gasteiger partial charge is 0.491 e. The second kappa shape index (κ2) is 6.09. The molecule has 0 amide bonds. The number of ether oxygens (including phenoxy) is 2. The number of aromatic nitrogens is 1.